The minimum atomic E-state index is -0.574. The summed E-state index contributed by atoms with van der Waals surface area (Å²) in [7, 11) is 2.84. The maximum absolute atomic E-state index is 12.9. The molecule has 16 heavy (non-hydrogen) atoms. The van der Waals surface area contributed by atoms with Crippen LogP contribution in [0.4, 0.5) is 10.1 Å². The van der Waals surface area contributed by atoms with E-state index in [0.717, 1.165) is 0 Å². The van der Waals surface area contributed by atoms with Crippen LogP contribution in [0.15, 0.2) is 18.2 Å². The third kappa shape index (κ3) is 2.93. The quantitative estimate of drug-likeness (QED) is 0.853. The molecule has 0 spiro atoms. The molecule has 0 aliphatic carbocycles. The minimum absolute atomic E-state index is 0.275. The van der Waals surface area contributed by atoms with Gasteiger partial charge in [-0.3, -0.25) is 4.79 Å². The van der Waals surface area contributed by atoms with E-state index in [2.05, 4.69) is 5.32 Å². The molecule has 0 fully saturated rings. The first kappa shape index (κ1) is 12.4. The van der Waals surface area contributed by atoms with Crippen molar-refractivity contribution in [3.8, 4) is 5.75 Å². The van der Waals surface area contributed by atoms with Crippen LogP contribution in [0.3, 0.4) is 0 Å². The maximum Gasteiger partial charge on any atom is 0.253 e. The number of carbonyl (C=O) groups excluding carboxylic acids is 1. The molecule has 0 saturated heterocycles. The van der Waals surface area contributed by atoms with Gasteiger partial charge < -0.3 is 14.8 Å². The standard InChI is InChI=1S/C11H14FNO3/c1-7(15-2)11(14)13-9-5-4-8(12)6-10(9)16-3/h4-7H,1-3H3,(H,13,14). The first-order valence-electron chi connectivity index (χ1n) is 4.75. The fraction of sp³-hybridized carbons (Fsp3) is 0.364. The van der Waals surface area contributed by atoms with Crippen LogP contribution in [0.25, 0.3) is 0 Å². The lowest BCUT2D eigenvalue weighted by atomic mass is 10.2. The highest BCUT2D eigenvalue weighted by molar-refractivity contribution is 5.95. The van der Waals surface area contributed by atoms with E-state index < -0.39 is 11.9 Å². The summed E-state index contributed by atoms with van der Waals surface area (Å²) in [6.07, 6.45) is -0.574. The summed E-state index contributed by atoms with van der Waals surface area (Å²) < 4.78 is 22.7. The van der Waals surface area contributed by atoms with Crippen LogP contribution >= 0.6 is 0 Å². The minimum Gasteiger partial charge on any atom is -0.494 e. The smallest absolute Gasteiger partial charge is 0.253 e. The summed E-state index contributed by atoms with van der Waals surface area (Å²) in [6, 6.07) is 3.89. The molecule has 5 heteroatoms. The lowest BCUT2D eigenvalue weighted by Crippen LogP contribution is -2.26. The van der Waals surface area contributed by atoms with Crippen LogP contribution in [0.1, 0.15) is 6.92 Å². The number of halogens is 1. The molecule has 0 heterocycles. The molecule has 0 aliphatic rings. The second-order valence-corrected chi connectivity index (χ2v) is 3.21. The summed E-state index contributed by atoms with van der Waals surface area (Å²) >= 11 is 0. The molecule has 1 atom stereocenters. The van der Waals surface area contributed by atoms with E-state index in [1.807, 2.05) is 0 Å². The van der Waals surface area contributed by atoms with E-state index in [1.165, 1.54) is 32.4 Å². The lowest BCUT2D eigenvalue weighted by Gasteiger charge is -2.13. The van der Waals surface area contributed by atoms with Gasteiger partial charge in [-0.25, -0.2) is 4.39 Å². The predicted octanol–water partition coefficient (Wildman–Crippen LogP) is 1.81. The van der Waals surface area contributed by atoms with Crippen molar-refractivity contribution in [1.29, 1.82) is 0 Å². The Balaban J connectivity index is 2.84. The van der Waals surface area contributed by atoms with Crippen molar-refractivity contribution < 1.29 is 18.7 Å². The zero-order valence-electron chi connectivity index (χ0n) is 9.41. The molecule has 0 saturated carbocycles. The molecule has 1 N–H and O–H groups in total. The molecule has 88 valence electrons. The van der Waals surface area contributed by atoms with Gasteiger partial charge in [0.2, 0.25) is 0 Å². The number of rotatable bonds is 4. The molecule has 1 aromatic rings. The fourth-order valence-corrected chi connectivity index (χ4v) is 1.11. The number of benzene rings is 1. The average Bonchev–Trinajstić information content (AvgIpc) is 2.30. The second kappa shape index (κ2) is 5.46. The summed E-state index contributed by atoms with van der Waals surface area (Å²) in [5, 5.41) is 2.58. The number of methoxy groups -OCH3 is 2. The molecular weight excluding hydrogens is 213 g/mol. The van der Waals surface area contributed by atoms with Gasteiger partial charge in [-0.2, -0.15) is 0 Å². The summed E-state index contributed by atoms with van der Waals surface area (Å²) in [4.78, 5) is 11.5. The molecule has 1 rings (SSSR count). The highest BCUT2D eigenvalue weighted by Gasteiger charge is 2.14. The Morgan fingerprint density at radius 3 is 2.69 bits per heavy atom. The van der Waals surface area contributed by atoms with E-state index >= 15 is 0 Å². The monoisotopic (exact) mass is 227 g/mol. The Morgan fingerprint density at radius 2 is 2.12 bits per heavy atom. The van der Waals surface area contributed by atoms with Gasteiger partial charge in [-0.1, -0.05) is 0 Å². The Hall–Kier alpha value is -1.62. The van der Waals surface area contributed by atoms with Gasteiger partial charge in [0.25, 0.3) is 5.91 Å². The van der Waals surface area contributed by atoms with Crippen molar-refractivity contribution in [3.63, 3.8) is 0 Å². The first-order valence-corrected chi connectivity index (χ1v) is 4.75. The Kier molecular flexibility index (Phi) is 4.25. The van der Waals surface area contributed by atoms with Crippen molar-refractivity contribution >= 4 is 11.6 Å². The summed E-state index contributed by atoms with van der Waals surface area (Å²) in [6.45, 7) is 1.62. The number of ether oxygens (including phenoxy) is 2. The molecule has 1 amide bonds. The zero-order valence-corrected chi connectivity index (χ0v) is 9.41. The van der Waals surface area contributed by atoms with Crippen molar-refractivity contribution in [2.45, 2.75) is 13.0 Å². The topological polar surface area (TPSA) is 47.6 Å². The largest absolute Gasteiger partial charge is 0.494 e. The van der Waals surface area contributed by atoms with Crippen molar-refractivity contribution in [1.82, 2.24) is 0 Å². The molecule has 0 bridgehead atoms. The number of amides is 1. The van der Waals surface area contributed by atoms with Crippen LogP contribution in [0.2, 0.25) is 0 Å². The maximum atomic E-state index is 12.9. The van der Waals surface area contributed by atoms with Gasteiger partial charge in [0.05, 0.1) is 12.8 Å². The Bertz CT molecular complexity index is 381. The highest BCUT2D eigenvalue weighted by Crippen LogP contribution is 2.25. The van der Waals surface area contributed by atoms with Gasteiger partial charge in [0, 0.05) is 13.2 Å². The van der Waals surface area contributed by atoms with Gasteiger partial charge in [0.1, 0.15) is 17.7 Å². The van der Waals surface area contributed by atoms with Gasteiger partial charge in [-0.15, -0.1) is 0 Å². The summed E-state index contributed by atoms with van der Waals surface area (Å²) in [5.74, 6) is -0.460. The molecular formula is C11H14FNO3. The van der Waals surface area contributed by atoms with E-state index in [1.54, 1.807) is 6.92 Å². The van der Waals surface area contributed by atoms with Crippen molar-refractivity contribution in [3.05, 3.63) is 24.0 Å². The number of anilines is 1. The van der Waals surface area contributed by atoms with Gasteiger partial charge in [-0.05, 0) is 19.1 Å². The van der Waals surface area contributed by atoms with Gasteiger partial charge >= 0.3 is 0 Å². The number of carbonyl (C=O) groups is 1. The molecule has 0 aromatic heterocycles. The van der Waals surface area contributed by atoms with E-state index in [9.17, 15) is 9.18 Å². The lowest BCUT2D eigenvalue weighted by molar-refractivity contribution is -0.124. The molecule has 4 nitrogen and oxygen atoms in total. The highest BCUT2D eigenvalue weighted by atomic mass is 19.1. The van der Waals surface area contributed by atoms with E-state index in [0.29, 0.717) is 5.69 Å². The third-order valence-corrected chi connectivity index (χ3v) is 2.14. The van der Waals surface area contributed by atoms with Gasteiger partial charge in [0.15, 0.2) is 0 Å². The van der Waals surface area contributed by atoms with Crippen LogP contribution < -0.4 is 10.1 Å². The molecule has 1 unspecified atom stereocenters. The van der Waals surface area contributed by atoms with Crippen LogP contribution in [0, 0.1) is 5.82 Å². The van der Waals surface area contributed by atoms with Crippen molar-refractivity contribution in [2.24, 2.45) is 0 Å². The number of hydrogen-bond donors (Lipinski definition) is 1. The zero-order chi connectivity index (χ0) is 12.1. The molecule has 1 aromatic carbocycles. The SMILES string of the molecule is COc1cc(F)ccc1NC(=O)C(C)OC. The average molecular weight is 227 g/mol. The fourth-order valence-electron chi connectivity index (χ4n) is 1.11. The Morgan fingerprint density at radius 1 is 1.44 bits per heavy atom. The third-order valence-electron chi connectivity index (χ3n) is 2.14. The van der Waals surface area contributed by atoms with Crippen LogP contribution in [-0.2, 0) is 9.53 Å². The summed E-state index contributed by atoms with van der Waals surface area (Å²) in [5.41, 5.74) is 0.415. The predicted molar refractivity (Wildman–Crippen MR) is 58.1 cm³/mol. The first-order chi connectivity index (χ1) is 7.58. The number of hydrogen-bond acceptors (Lipinski definition) is 3. The molecule has 0 aliphatic heterocycles. The van der Waals surface area contributed by atoms with E-state index in [4.69, 9.17) is 9.47 Å². The normalized spacial score (nSPS) is 12.0. The second-order valence-electron chi connectivity index (χ2n) is 3.21. The number of nitrogens with one attached hydrogen (secondary N) is 1. The van der Waals surface area contributed by atoms with E-state index in [-0.39, 0.29) is 11.7 Å². The Labute approximate surface area is 93.4 Å². The molecule has 0 radical (unpaired) electrons. The van der Waals surface area contributed by atoms with Crippen LogP contribution in [0.5, 0.6) is 5.75 Å². The van der Waals surface area contributed by atoms with Crippen LogP contribution in [-0.4, -0.2) is 26.2 Å². The van der Waals surface area contributed by atoms with Crippen molar-refractivity contribution in [2.75, 3.05) is 19.5 Å².